The number of aromatic nitrogens is 1. The number of ketones is 1. The van der Waals surface area contributed by atoms with E-state index in [-0.39, 0.29) is 18.7 Å². The minimum Gasteiger partial charge on any atom is -0.490 e. The Morgan fingerprint density at radius 2 is 1.87 bits per heavy atom. The van der Waals surface area contributed by atoms with Crippen molar-refractivity contribution in [3.8, 4) is 11.5 Å². The van der Waals surface area contributed by atoms with E-state index in [0.717, 1.165) is 6.42 Å². The SMILES string of the molecule is O=C(CCn1c(=O)oc2cc(Cl)ccc21)OCC(=O)c1ccc2c(c1)OCCCO2. The van der Waals surface area contributed by atoms with Crippen LogP contribution in [0.2, 0.25) is 5.02 Å². The summed E-state index contributed by atoms with van der Waals surface area (Å²) in [7, 11) is 0. The van der Waals surface area contributed by atoms with Crippen molar-refractivity contribution in [1.82, 2.24) is 4.57 Å². The van der Waals surface area contributed by atoms with Gasteiger partial charge in [-0.05, 0) is 30.3 Å². The fourth-order valence-electron chi connectivity index (χ4n) is 3.09. The molecule has 0 atom stereocenters. The highest BCUT2D eigenvalue weighted by Gasteiger charge is 2.16. The van der Waals surface area contributed by atoms with Gasteiger partial charge in [0, 0.05) is 29.6 Å². The minimum atomic E-state index is -0.604. The number of rotatable bonds is 6. The average molecular weight is 432 g/mol. The van der Waals surface area contributed by atoms with E-state index in [1.165, 1.54) is 10.6 Å². The summed E-state index contributed by atoms with van der Waals surface area (Å²) < 4.78 is 22.6. The number of aryl methyl sites for hydroxylation is 1. The Labute approximate surface area is 175 Å². The lowest BCUT2D eigenvalue weighted by Crippen LogP contribution is -2.19. The van der Waals surface area contributed by atoms with Crippen molar-refractivity contribution in [2.45, 2.75) is 19.4 Å². The number of Topliss-reactive ketones (excluding diaryl/α,β-unsaturated/α-hetero) is 1. The van der Waals surface area contributed by atoms with E-state index in [9.17, 15) is 14.4 Å². The summed E-state index contributed by atoms with van der Waals surface area (Å²) in [5.74, 6) is -0.480. The lowest BCUT2D eigenvalue weighted by molar-refractivity contribution is -0.142. The van der Waals surface area contributed by atoms with Crippen LogP contribution in [0.3, 0.4) is 0 Å². The first kappa shape index (κ1) is 20.0. The largest absolute Gasteiger partial charge is 0.490 e. The van der Waals surface area contributed by atoms with Gasteiger partial charge in [0.2, 0.25) is 0 Å². The molecule has 2 heterocycles. The van der Waals surface area contributed by atoms with Gasteiger partial charge in [-0.15, -0.1) is 0 Å². The number of carbonyl (C=O) groups excluding carboxylic acids is 2. The molecule has 8 nitrogen and oxygen atoms in total. The molecule has 0 amide bonds. The van der Waals surface area contributed by atoms with Gasteiger partial charge in [-0.2, -0.15) is 0 Å². The number of carbonyl (C=O) groups is 2. The molecule has 0 bridgehead atoms. The highest BCUT2D eigenvalue weighted by molar-refractivity contribution is 6.31. The third kappa shape index (κ3) is 4.33. The lowest BCUT2D eigenvalue weighted by atomic mass is 10.1. The Balaban J connectivity index is 1.34. The van der Waals surface area contributed by atoms with E-state index in [4.69, 9.17) is 30.2 Å². The van der Waals surface area contributed by atoms with Crippen molar-refractivity contribution in [1.29, 1.82) is 0 Å². The highest BCUT2D eigenvalue weighted by Crippen LogP contribution is 2.30. The number of nitrogens with zero attached hydrogens (tertiary/aromatic N) is 1. The van der Waals surface area contributed by atoms with Gasteiger partial charge in [0.25, 0.3) is 0 Å². The van der Waals surface area contributed by atoms with E-state index in [1.807, 2.05) is 0 Å². The first-order chi connectivity index (χ1) is 14.5. The van der Waals surface area contributed by atoms with Crippen LogP contribution in [0, 0.1) is 0 Å². The van der Waals surface area contributed by atoms with Crippen molar-refractivity contribution in [2.75, 3.05) is 19.8 Å². The fraction of sp³-hybridized carbons (Fsp3) is 0.286. The Bertz CT molecular complexity index is 1160. The van der Waals surface area contributed by atoms with E-state index in [1.54, 1.807) is 30.3 Å². The summed E-state index contributed by atoms with van der Waals surface area (Å²) in [6.07, 6.45) is 0.670. The van der Waals surface area contributed by atoms with Gasteiger partial charge in [-0.25, -0.2) is 4.79 Å². The Morgan fingerprint density at radius 1 is 1.07 bits per heavy atom. The normalized spacial score (nSPS) is 13.1. The molecular weight excluding hydrogens is 414 g/mol. The zero-order chi connectivity index (χ0) is 21.1. The van der Waals surface area contributed by atoms with Crippen LogP contribution in [0.25, 0.3) is 11.1 Å². The molecule has 1 aliphatic heterocycles. The molecule has 0 N–H and O–H groups in total. The van der Waals surface area contributed by atoms with Crippen LogP contribution in [0.5, 0.6) is 11.5 Å². The quantitative estimate of drug-likeness (QED) is 0.436. The number of hydrogen-bond acceptors (Lipinski definition) is 7. The molecule has 9 heteroatoms. The van der Waals surface area contributed by atoms with Gasteiger partial charge in [-0.3, -0.25) is 14.2 Å². The molecule has 4 rings (SSSR count). The molecule has 0 aliphatic carbocycles. The molecule has 30 heavy (non-hydrogen) atoms. The topological polar surface area (TPSA) is 97.0 Å². The second kappa shape index (κ2) is 8.62. The molecule has 0 unspecified atom stereocenters. The molecule has 0 saturated carbocycles. The summed E-state index contributed by atoms with van der Waals surface area (Å²) in [5, 5.41) is 0.441. The van der Waals surface area contributed by atoms with Crippen molar-refractivity contribution in [3.63, 3.8) is 0 Å². The fourth-order valence-corrected chi connectivity index (χ4v) is 3.26. The summed E-state index contributed by atoms with van der Waals surface area (Å²) in [5.41, 5.74) is 1.23. The van der Waals surface area contributed by atoms with Crippen LogP contribution < -0.4 is 15.2 Å². The predicted molar refractivity (Wildman–Crippen MR) is 107 cm³/mol. The van der Waals surface area contributed by atoms with Crippen molar-refractivity contribution >= 4 is 34.5 Å². The van der Waals surface area contributed by atoms with Crippen LogP contribution in [0.1, 0.15) is 23.2 Å². The molecule has 0 radical (unpaired) electrons. The molecule has 156 valence electrons. The molecule has 1 aliphatic rings. The molecule has 0 fully saturated rings. The van der Waals surface area contributed by atoms with Gasteiger partial charge in [-0.1, -0.05) is 11.6 Å². The zero-order valence-electron chi connectivity index (χ0n) is 15.9. The summed E-state index contributed by atoms with van der Waals surface area (Å²) in [4.78, 5) is 36.4. The molecular formula is C21H18ClNO7. The Hall–Kier alpha value is -3.26. The molecule has 0 spiro atoms. The van der Waals surface area contributed by atoms with Crippen LogP contribution >= 0.6 is 11.6 Å². The van der Waals surface area contributed by atoms with E-state index < -0.39 is 18.3 Å². The third-order valence-electron chi connectivity index (χ3n) is 4.60. The standard InChI is InChI=1S/C21H18ClNO7/c22-14-3-4-15-18(11-14)30-21(26)23(15)7-6-20(25)29-12-16(24)13-2-5-17-19(10-13)28-9-1-8-27-17/h2-5,10-11H,1,6-9,12H2. The maximum absolute atomic E-state index is 12.4. The zero-order valence-corrected chi connectivity index (χ0v) is 16.6. The number of benzene rings is 2. The minimum absolute atomic E-state index is 0.0600. The van der Waals surface area contributed by atoms with Crippen molar-refractivity contribution in [3.05, 3.63) is 57.5 Å². The number of oxazole rings is 1. The molecule has 2 aromatic carbocycles. The number of ether oxygens (including phenoxy) is 3. The van der Waals surface area contributed by atoms with Crippen molar-refractivity contribution in [2.24, 2.45) is 0 Å². The Morgan fingerprint density at radius 3 is 2.70 bits per heavy atom. The third-order valence-corrected chi connectivity index (χ3v) is 4.84. The molecule has 0 saturated heterocycles. The van der Waals surface area contributed by atoms with Crippen LogP contribution in [0.15, 0.2) is 45.6 Å². The molecule has 1 aromatic heterocycles. The number of fused-ring (bicyclic) bond motifs is 2. The first-order valence-electron chi connectivity index (χ1n) is 9.38. The van der Waals surface area contributed by atoms with Crippen LogP contribution in [-0.2, 0) is 16.1 Å². The van der Waals surface area contributed by atoms with E-state index in [0.29, 0.717) is 46.4 Å². The van der Waals surface area contributed by atoms with Crippen LogP contribution in [0.4, 0.5) is 0 Å². The number of esters is 1. The maximum Gasteiger partial charge on any atom is 0.419 e. The van der Waals surface area contributed by atoms with Gasteiger partial charge < -0.3 is 18.6 Å². The van der Waals surface area contributed by atoms with E-state index >= 15 is 0 Å². The average Bonchev–Trinajstić information content (AvgIpc) is 2.89. The van der Waals surface area contributed by atoms with Gasteiger partial charge in [0.15, 0.2) is 29.5 Å². The summed E-state index contributed by atoms with van der Waals surface area (Å²) in [6, 6.07) is 9.65. The van der Waals surface area contributed by atoms with Gasteiger partial charge in [0.05, 0.1) is 25.2 Å². The first-order valence-corrected chi connectivity index (χ1v) is 9.76. The monoisotopic (exact) mass is 431 g/mol. The molecule has 3 aromatic rings. The smallest absolute Gasteiger partial charge is 0.419 e. The van der Waals surface area contributed by atoms with Crippen molar-refractivity contribution < 1.29 is 28.2 Å². The van der Waals surface area contributed by atoms with E-state index in [2.05, 4.69) is 0 Å². The summed E-state index contributed by atoms with van der Waals surface area (Å²) >= 11 is 5.88. The van der Waals surface area contributed by atoms with Gasteiger partial charge in [0.1, 0.15) is 0 Å². The van der Waals surface area contributed by atoms with Crippen LogP contribution in [-0.4, -0.2) is 36.1 Å². The maximum atomic E-state index is 12.4. The highest BCUT2D eigenvalue weighted by atomic mass is 35.5. The number of hydrogen-bond donors (Lipinski definition) is 0. The second-order valence-corrected chi connectivity index (χ2v) is 7.11. The number of halogens is 1. The second-order valence-electron chi connectivity index (χ2n) is 6.68. The van der Waals surface area contributed by atoms with Gasteiger partial charge >= 0.3 is 11.7 Å². The predicted octanol–water partition coefficient (Wildman–Crippen LogP) is 3.23. The summed E-state index contributed by atoms with van der Waals surface area (Å²) in [6.45, 7) is 0.716. The lowest BCUT2D eigenvalue weighted by Gasteiger charge is -2.09. The Kier molecular flexibility index (Phi) is 5.76.